The first-order valence-electron chi connectivity index (χ1n) is 9.72. The fourth-order valence-corrected chi connectivity index (χ4v) is 4.02. The molecule has 170 valence electrons. The second-order valence-corrected chi connectivity index (χ2v) is 8.60. The lowest BCUT2D eigenvalue weighted by Crippen LogP contribution is -2.46. The lowest BCUT2D eigenvalue weighted by atomic mass is 9.89. The van der Waals surface area contributed by atoms with E-state index in [1.54, 1.807) is 51.1 Å². The number of hydrogen-bond acceptors (Lipinski definition) is 7. The van der Waals surface area contributed by atoms with E-state index < -0.39 is 5.54 Å². The van der Waals surface area contributed by atoms with Gasteiger partial charge in [-0.2, -0.15) is 0 Å². The molecule has 0 radical (unpaired) electrons. The van der Waals surface area contributed by atoms with Crippen molar-refractivity contribution in [2.24, 2.45) is 0 Å². The summed E-state index contributed by atoms with van der Waals surface area (Å²) in [7, 11) is 0. The first-order valence-corrected chi connectivity index (χ1v) is 10.5. The molecule has 2 aliphatic rings. The van der Waals surface area contributed by atoms with E-state index in [2.05, 4.69) is 10.3 Å². The van der Waals surface area contributed by atoms with E-state index in [0.29, 0.717) is 22.8 Å². The number of aromatic nitrogens is 1. The number of amides is 1. The smallest absolute Gasteiger partial charge is 0.217 e. The van der Waals surface area contributed by atoms with E-state index in [-0.39, 0.29) is 33.1 Å². The standard InChI is InChI=1S/C23H20Cl2N4O4/c1-13-8-20(33)22(25)19(12-31)29(13)17-9-21(26-10-16(17)24)28-7-5-6-15(18(28)11-30)23(3,4)27-14(2)32/h5-10,33H,1-4H3,(H,27,32). The number of aliphatic hydroxyl groups excluding tert-OH is 1. The molecule has 2 aliphatic heterocycles. The van der Waals surface area contributed by atoms with Crippen LogP contribution in [-0.4, -0.2) is 33.4 Å². The zero-order valence-electron chi connectivity index (χ0n) is 18.2. The minimum atomic E-state index is -0.869. The zero-order valence-corrected chi connectivity index (χ0v) is 19.7. The Bertz CT molecular complexity index is 1260. The summed E-state index contributed by atoms with van der Waals surface area (Å²) in [6, 6.07) is 1.56. The molecule has 1 aromatic heterocycles. The molecule has 2 N–H and O–H groups in total. The number of pyridine rings is 1. The molecule has 0 unspecified atom stereocenters. The molecule has 0 atom stereocenters. The van der Waals surface area contributed by atoms with Crippen LogP contribution in [0.4, 0.5) is 11.5 Å². The molecule has 8 nitrogen and oxygen atoms in total. The number of hydrogen-bond donors (Lipinski definition) is 2. The van der Waals surface area contributed by atoms with Crippen molar-refractivity contribution in [1.29, 1.82) is 0 Å². The molecule has 33 heavy (non-hydrogen) atoms. The highest BCUT2D eigenvalue weighted by molar-refractivity contribution is 6.35. The Balaban J connectivity index is 2.09. The van der Waals surface area contributed by atoms with Crippen molar-refractivity contribution < 1.29 is 19.5 Å². The molecule has 1 amide bonds. The van der Waals surface area contributed by atoms with Gasteiger partial charge in [0.05, 0.1) is 22.4 Å². The monoisotopic (exact) mass is 486 g/mol. The average molecular weight is 487 g/mol. The summed E-state index contributed by atoms with van der Waals surface area (Å²) >= 11 is 12.5. The molecule has 0 aliphatic carbocycles. The maximum absolute atomic E-state index is 12.0. The van der Waals surface area contributed by atoms with Crippen LogP contribution in [0.3, 0.4) is 0 Å². The van der Waals surface area contributed by atoms with Gasteiger partial charge in [-0.25, -0.2) is 14.6 Å². The number of halogens is 2. The second kappa shape index (κ2) is 9.14. The number of nitrogens with zero attached hydrogens (tertiary/aromatic N) is 3. The van der Waals surface area contributed by atoms with Crippen molar-refractivity contribution in [3.05, 3.63) is 75.2 Å². The molecule has 3 rings (SSSR count). The molecule has 0 aromatic carbocycles. The third-order valence-electron chi connectivity index (χ3n) is 5.01. The molecule has 0 saturated heterocycles. The molecule has 1 aromatic rings. The maximum atomic E-state index is 12.0. The van der Waals surface area contributed by atoms with Crippen molar-refractivity contribution in [3.63, 3.8) is 0 Å². The largest absolute Gasteiger partial charge is 0.506 e. The zero-order chi connectivity index (χ0) is 24.5. The number of aliphatic hydroxyl groups is 1. The quantitative estimate of drug-likeness (QED) is 0.618. The van der Waals surface area contributed by atoms with Crippen molar-refractivity contribution in [2.45, 2.75) is 33.2 Å². The molecular formula is C23H20Cl2N4O4. The summed E-state index contributed by atoms with van der Waals surface area (Å²) in [5, 5.41) is 12.8. The predicted molar refractivity (Wildman–Crippen MR) is 127 cm³/mol. The van der Waals surface area contributed by atoms with Gasteiger partial charge in [0, 0.05) is 36.5 Å². The third-order valence-corrected chi connectivity index (χ3v) is 5.68. The first kappa shape index (κ1) is 24.1. The van der Waals surface area contributed by atoms with Crippen LogP contribution in [0.15, 0.2) is 70.1 Å². The van der Waals surface area contributed by atoms with Crippen molar-refractivity contribution in [3.8, 4) is 0 Å². The molecule has 3 heterocycles. The molecule has 0 bridgehead atoms. The Morgan fingerprint density at radius 1 is 1.21 bits per heavy atom. The van der Waals surface area contributed by atoms with Gasteiger partial charge in [0.2, 0.25) is 5.91 Å². The summed E-state index contributed by atoms with van der Waals surface area (Å²) < 4.78 is 0. The van der Waals surface area contributed by atoms with Crippen LogP contribution in [0.5, 0.6) is 0 Å². The fraction of sp³-hybridized carbons (Fsp3) is 0.217. The summed E-state index contributed by atoms with van der Waals surface area (Å²) in [5.41, 5.74) is 0.460. The van der Waals surface area contributed by atoms with Crippen LogP contribution >= 0.6 is 23.2 Å². The highest BCUT2D eigenvalue weighted by atomic mass is 35.5. The SMILES string of the molecule is CC(=O)NC(C)(C)C1=CC=CN(c2cc(N3C(=C=O)C(Cl)=C(O)C=C3C)c(Cl)cn2)C1=C=O. The molecule has 10 heteroatoms. The van der Waals surface area contributed by atoms with Crippen LogP contribution < -0.4 is 15.1 Å². The van der Waals surface area contributed by atoms with Gasteiger partial charge >= 0.3 is 0 Å². The normalized spacial score (nSPS) is 16.3. The molecular weight excluding hydrogens is 467 g/mol. The van der Waals surface area contributed by atoms with E-state index in [1.807, 2.05) is 5.94 Å². The van der Waals surface area contributed by atoms with Gasteiger partial charge in [0.25, 0.3) is 0 Å². The summed E-state index contributed by atoms with van der Waals surface area (Å²) in [4.78, 5) is 42.6. The number of allylic oxidation sites excluding steroid dienone is 5. The fourth-order valence-electron chi connectivity index (χ4n) is 3.66. The van der Waals surface area contributed by atoms with Gasteiger partial charge in [0.1, 0.15) is 22.3 Å². The number of nitrogens with one attached hydrogen (secondary N) is 1. The first-order chi connectivity index (χ1) is 15.5. The second-order valence-electron chi connectivity index (χ2n) is 7.81. The van der Waals surface area contributed by atoms with E-state index in [1.165, 1.54) is 29.0 Å². The number of rotatable bonds is 4. The lowest BCUT2D eigenvalue weighted by Gasteiger charge is -2.35. The number of anilines is 2. The Kier molecular flexibility index (Phi) is 6.68. The number of carbonyl (C=O) groups excluding carboxylic acids is 3. The predicted octanol–water partition coefficient (Wildman–Crippen LogP) is 4.07. The molecule has 0 saturated carbocycles. The van der Waals surface area contributed by atoms with Gasteiger partial charge in [-0.1, -0.05) is 29.3 Å². The van der Waals surface area contributed by atoms with Crippen molar-refractivity contribution in [2.75, 3.05) is 9.80 Å². The Hall–Kier alpha value is -3.54. The summed E-state index contributed by atoms with van der Waals surface area (Å²) in [6.45, 7) is 6.57. The van der Waals surface area contributed by atoms with E-state index in [4.69, 9.17) is 23.2 Å². The minimum absolute atomic E-state index is 0.124. The Labute approximate surface area is 200 Å². The van der Waals surface area contributed by atoms with Gasteiger partial charge in [0.15, 0.2) is 17.6 Å². The van der Waals surface area contributed by atoms with Gasteiger partial charge < -0.3 is 15.3 Å². The van der Waals surface area contributed by atoms with Crippen LogP contribution in [0.25, 0.3) is 0 Å². The van der Waals surface area contributed by atoms with E-state index in [9.17, 15) is 19.5 Å². The van der Waals surface area contributed by atoms with Crippen molar-refractivity contribution in [1.82, 2.24) is 10.3 Å². The van der Waals surface area contributed by atoms with Gasteiger partial charge in [-0.05, 0) is 26.8 Å². The lowest BCUT2D eigenvalue weighted by molar-refractivity contribution is -0.120. The molecule has 0 spiro atoms. The summed E-state index contributed by atoms with van der Waals surface area (Å²) in [5.74, 6) is 3.43. The van der Waals surface area contributed by atoms with E-state index >= 15 is 0 Å². The maximum Gasteiger partial charge on any atom is 0.217 e. The third kappa shape index (κ3) is 4.51. The summed E-state index contributed by atoms with van der Waals surface area (Å²) in [6.07, 6.45) is 7.77. The Morgan fingerprint density at radius 3 is 2.48 bits per heavy atom. The van der Waals surface area contributed by atoms with E-state index in [0.717, 1.165) is 0 Å². The highest BCUT2D eigenvalue weighted by Crippen LogP contribution is 2.40. The highest BCUT2D eigenvalue weighted by Gasteiger charge is 2.33. The number of carbonyl (C=O) groups is 1. The van der Waals surface area contributed by atoms with Gasteiger partial charge in [-0.15, -0.1) is 0 Å². The van der Waals surface area contributed by atoms with Crippen LogP contribution in [0.2, 0.25) is 5.02 Å². The van der Waals surface area contributed by atoms with Crippen LogP contribution in [0.1, 0.15) is 27.7 Å². The average Bonchev–Trinajstić information content (AvgIpc) is 2.75. The van der Waals surface area contributed by atoms with Crippen LogP contribution in [-0.2, 0) is 14.4 Å². The van der Waals surface area contributed by atoms with Gasteiger partial charge in [-0.3, -0.25) is 9.69 Å². The van der Waals surface area contributed by atoms with Crippen molar-refractivity contribution >= 4 is 52.5 Å². The van der Waals surface area contributed by atoms with Crippen LogP contribution in [0, 0.1) is 0 Å². The molecule has 0 fully saturated rings. The minimum Gasteiger partial charge on any atom is -0.506 e. The topological polar surface area (TPSA) is 103 Å². The Morgan fingerprint density at radius 2 is 1.88 bits per heavy atom.